The molecule has 20 heavy (non-hydrogen) atoms. The largest absolute Gasteiger partial charge is 0.494 e. The SMILES string of the molecule is CCOc1cccc(C(C)NC(=O)C2CNCCO2)c1. The predicted octanol–water partition coefficient (Wildman–Crippen LogP) is 1.25. The van der Waals surface area contributed by atoms with Crippen LogP contribution in [0, 0.1) is 0 Å². The second-order valence-electron chi connectivity index (χ2n) is 4.80. The minimum atomic E-state index is -0.402. The maximum atomic E-state index is 12.1. The van der Waals surface area contributed by atoms with Crippen LogP contribution in [0.1, 0.15) is 25.5 Å². The zero-order chi connectivity index (χ0) is 14.4. The second-order valence-corrected chi connectivity index (χ2v) is 4.80. The number of morpholine rings is 1. The molecule has 1 aromatic carbocycles. The van der Waals surface area contributed by atoms with Crippen molar-refractivity contribution in [3.63, 3.8) is 0 Å². The Labute approximate surface area is 119 Å². The summed E-state index contributed by atoms with van der Waals surface area (Å²) >= 11 is 0. The first-order valence-electron chi connectivity index (χ1n) is 7.06. The molecule has 0 aliphatic carbocycles. The van der Waals surface area contributed by atoms with Crippen molar-refractivity contribution in [3.8, 4) is 5.75 Å². The van der Waals surface area contributed by atoms with Crippen LogP contribution >= 0.6 is 0 Å². The van der Waals surface area contributed by atoms with E-state index in [1.54, 1.807) is 0 Å². The summed E-state index contributed by atoms with van der Waals surface area (Å²) in [4.78, 5) is 12.1. The molecule has 110 valence electrons. The molecule has 0 radical (unpaired) electrons. The van der Waals surface area contributed by atoms with Crippen LogP contribution in [-0.4, -0.2) is 38.3 Å². The summed E-state index contributed by atoms with van der Waals surface area (Å²) in [6.07, 6.45) is -0.402. The molecular formula is C15H22N2O3. The Morgan fingerprint density at radius 3 is 3.15 bits per heavy atom. The fraction of sp³-hybridized carbons (Fsp3) is 0.533. The van der Waals surface area contributed by atoms with Crippen molar-refractivity contribution < 1.29 is 14.3 Å². The van der Waals surface area contributed by atoms with Gasteiger partial charge in [-0.1, -0.05) is 12.1 Å². The Hall–Kier alpha value is -1.59. The predicted molar refractivity (Wildman–Crippen MR) is 76.8 cm³/mol. The molecular weight excluding hydrogens is 256 g/mol. The van der Waals surface area contributed by atoms with Gasteiger partial charge in [-0.15, -0.1) is 0 Å². The van der Waals surface area contributed by atoms with E-state index in [-0.39, 0.29) is 11.9 Å². The molecule has 5 heteroatoms. The lowest BCUT2D eigenvalue weighted by atomic mass is 10.1. The number of benzene rings is 1. The van der Waals surface area contributed by atoms with Crippen LogP contribution in [0.2, 0.25) is 0 Å². The monoisotopic (exact) mass is 278 g/mol. The first kappa shape index (κ1) is 14.8. The van der Waals surface area contributed by atoms with Crippen LogP contribution < -0.4 is 15.4 Å². The van der Waals surface area contributed by atoms with Crippen molar-refractivity contribution in [3.05, 3.63) is 29.8 Å². The Morgan fingerprint density at radius 2 is 2.45 bits per heavy atom. The lowest BCUT2D eigenvalue weighted by molar-refractivity contribution is -0.134. The first-order chi connectivity index (χ1) is 9.70. The van der Waals surface area contributed by atoms with Crippen LogP contribution in [0.3, 0.4) is 0 Å². The summed E-state index contributed by atoms with van der Waals surface area (Å²) in [6.45, 7) is 6.48. The average molecular weight is 278 g/mol. The molecule has 1 saturated heterocycles. The summed E-state index contributed by atoms with van der Waals surface area (Å²) in [5, 5.41) is 6.12. The highest BCUT2D eigenvalue weighted by atomic mass is 16.5. The molecule has 0 bridgehead atoms. The number of ether oxygens (including phenoxy) is 2. The molecule has 1 aromatic rings. The minimum Gasteiger partial charge on any atom is -0.494 e. The maximum Gasteiger partial charge on any atom is 0.250 e. The van der Waals surface area contributed by atoms with E-state index in [0.29, 0.717) is 19.8 Å². The van der Waals surface area contributed by atoms with Crippen LogP contribution in [-0.2, 0) is 9.53 Å². The lowest BCUT2D eigenvalue weighted by Crippen LogP contribution is -2.48. The van der Waals surface area contributed by atoms with E-state index < -0.39 is 6.10 Å². The highest BCUT2D eigenvalue weighted by molar-refractivity contribution is 5.81. The van der Waals surface area contributed by atoms with Gasteiger partial charge in [-0.05, 0) is 31.5 Å². The van der Waals surface area contributed by atoms with Crippen LogP contribution in [0.15, 0.2) is 24.3 Å². The molecule has 2 atom stereocenters. The molecule has 1 heterocycles. The molecule has 0 spiro atoms. The third-order valence-corrected chi connectivity index (χ3v) is 3.25. The second kappa shape index (κ2) is 7.26. The van der Waals surface area contributed by atoms with E-state index in [2.05, 4.69) is 10.6 Å². The minimum absolute atomic E-state index is 0.0755. The Balaban J connectivity index is 1.94. The quantitative estimate of drug-likeness (QED) is 0.851. The third kappa shape index (κ3) is 3.95. The van der Waals surface area contributed by atoms with Gasteiger partial charge in [0.1, 0.15) is 11.9 Å². The third-order valence-electron chi connectivity index (χ3n) is 3.25. The zero-order valence-corrected chi connectivity index (χ0v) is 12.0. The van der Waals surface area contributed by atoms with Gasteiger partial charge in [0.05, 0.1) is 19.3 Å². The van der Waals surface area contributed by atoms with Crippen molar-refractivity contribution in [2.75, 3.05) is 26.3 Å². The van der Waals surface area contributed by atoms with Crippen molar-refractivity contribution in [1.29, 1.82) is 0 Å². The maximum absolute atomic E-state index is 12.1. The van der Waals surface area contributed by atoms with Gasteiger partial charge in [-0.2, -0.15) is 0 Å². The van der Waals surface area contributed by atoms with E-state index >= 15 is 0 Å². The van der Waals surface area contributed by atoms with Crippen molar-refractivity contribution in [2.45, 2.75) is 26.0 Å². The van der Waals surface area contributed by atoms with Gasteiger partial charge < -0.3 is 20.1 Å². The number of rotatable bonds is 5. The standard InChI is InChI=1S/C15H22N2O3/c1-3-19-13-6-4-5-12(9-13)11(2)17-15(18)14-10-16-7-8-20-14/h4-6,9,11,14,16H,3,7-8,10H2,1-2H3,(H,17,18). The van der Waals surface area contributed by atoms with Gasteiger partial charge in [-0.3, -0.25) is 4.79 Å². The number of hydrogen-bond donors (Lipinski definition) is 2. The summed E-state index contributed by atoms with van der Waals surface area (Å²) in [7, 11) is 0. The Bertz CT molecular complexity index is 444. The van der Waals surface area contributed by atoms with Gasteiger partial charge >= 0.3 is 0 Å². The first-order valence-corrected chi connectivity index (χ1v) is 7.06. The summed E-state index contributed by atoms with van der Waals surface area (Å²) in [5.41, 5.74) is 1.02. The smallest absolute Gasteiger partial charge is 0.250 e. The number of carbonyl (C=O) groups is 1. The molecule has 0 saturated carbocycles. The van der Waals surface area contributed by atoms with Crippen LogP contribution in [0.4, 0.5) is 0 Å². The van der Waals surface area contributed by atoms with Gasteiger partial charge in [-0.25, -0.2) is 0 Å². The van der Waals surface area contributed by atoms with Gasteiger partial charge in [0, 0.05) is 13.1 Å². The van der Waals surface area contributed by atoms with Crippen LogP contribution in [0.25, 0.3) is 0 Å². The number of nitrogens with one attached hydrogen (secondary N) is 2. The summed E-state index contributed by atoms with van der Waals surface area (Å²) in [6, 6.07) is 7.70. The molecule has 2 N–H and O–H groups in total. The topological polar surface area (TPSA) is 59.6 Å². The van der Waals surface area contributed by atoms with Crippen molar-refractivity contribution in [1.82, 2.24) is 10.6 Å². The summed E-state index contributed by atoms with van der Waals surface area (Å²) < 4.78 is 10.9. The van der Waals surface area contributed by atoms with Gasteiger partial charge in [0.2, 0.25) is 0 Å². The molecule has 1 fully saturated rings. The van der Waals surface area contributed by atoms with Crippen LogP contribution in [0.5, 0.6) is 5.75 Å². The van der Waals surface area contributed by atoms with E-state index in [1.165, 1.54) is 0 Å². The molecule has 1 aliphatic heterocycles. The molecule has 5 nitrogen and oxygen atoms in total. The number of carbonyl (C=O) groups excluding carboxylic acids is 1. The highest BCUT2D eigenvalue weighted by Crippen LogP contribution is 2.19. The molecule has 1 aliphatic rings. The fourth-order valence-electron chi connectivity index (χ4n) is 2.16. The molecule has 1 amide bonds. The fourth-order valence-corrected chi connectivity index (χ4v) is 2.16. The average Bonchev–Trinajstić information content (AvgIpc) is 2.48. The number of hydrogen-bond acceptors (Lipinski definition) is 4. The highest BCUT2D eigenvalue weighted by Gasteiger charge is 2.23. The zero-order valence-electron chi connectivity index (χ0n) is 12.0. The molecule has 2 unspecified atom stereocenters. The summed E-state index contributed by atoms with van der Waals surface area (Å²) in [5.74, 6) is 0.744. The van der Waals surface area contributed by atoms with Crippen molar-refractivity contribution in [2.24, 2.45) is 0 Å². The molecule has 0 aromatic heterocycles. The van der Waals surface area contributed by atoms with E-state index in [9.17, 15) is 4.79 Å². The Kier molecular flexibility index (Phi) is 5.38. The number of amides is 1. The van der Waals surface area contributed by atoms with E-state index in [0.717, 1.165) is 17.9 Å². The van der Waals surface area contributed by atoms with Crippen molar-refractivity contribution >= 4 is 5.91 Å². The lowest BCUT2D eigenvalue weighted by Gasteiger charge is -2.24. The van der Waals surface area contributed by atoms with E-state index in [1.807, 2.05) is 38.1 Å². The normalized spacial score (nSPS) is 20.2. The van der Waals surface area contributed by atoms with E-state index in [4.69, 9.17) is 9.47 Å². The molecule has 2 rings (SSSR count). The Morgan fingerprint density at radius 1 is 1.60 bits per heavy atom. The van der Waals surface area contributed by atoms with Gasteiger partial charge in [0.25, 0.3) is 5.91 Å². The van der Waals surface area contributed by atoms with Gasteiger partial charge in [0.15, 0.2) is 0 Å².